The lowest BCUT2D eigenvalue weighted by Gasteiger charge is -2.37. The summed E-state index contributed by atoms with van der Waals surface area (Å²) < 4.78 is 5.75. The molecular formula is C18H27N3O3. The van der Waals surface area contributed by atoms with Gasteiger partial charge in [-0.1, -0.05) is 18.2 Å². The van der Waals surface area contributed by atoms with Crippen molar-refractivity contribution in [2.24, 2.45) is 5.73 Å². The number of hydrogen-bond donors (Lipinski definition) is 2. The number of piperidine rings is 1. The molecule has 6 heteroatoms. The van der Waals surface area contributed by atoms with E-state index in [1.807, 2.05) is 35.2 Å². The second kappa shape index (κ2) is 9.27. The first kappa shape index (κ1) is 18.3. The summed E-state index contributed by atoms with van der Waals surface area (Å²) >= 11 is 0. The van der Waals surface area contributed by atoms with Crippen molar-refractivity contribution in [1.82, 2.24) is 10.2 Å². The molecule has 2 amide bonds. The van der Waals surface area contributed by atoms with E-state index in [2.05, 4.69) is 5.32 Å². The van der Waals surface area contributed by atoms with Gasteiger partial charge >= 0.3 is 0 Å². The van der Waals surface area contributed by atoms with Crippen molar-refractivity contribution >= 4 is 11.8 Å². The first-order valence-electron chi connectivity index (χ1n) is 8.60. The molecule has 2 unspecified atom stereocenters. The van der Waals surface area contributed by atoms with Gasteiger partial charge < -0.3 is 20.7 Å². The number of rotatable bonds is 7. The van der Waals surface area contributed by atoms with Crippen molar-refractivity contribution in [3.8, 4) is 5.75 Å². The fraction of sp³-hybridized carbons (Fsp3) is 0.556. The molecule has 6 nitrogen and oxygen atoms in total. The minimum absolute atomic E-state index is 0.0230. The number of nitrogens with two attached hydrogens (primary N) is 1. The first-order chi connectivity index (χ1) is 11.6. The van der Waals surface area contributed by atoms with Crippen LogP contribution in [-0.2, 0) is 9.59 Å². The average molecular weight is 333 g/mol. The van der Waals surface area contributed by atoms with Crippen LogP contribution in [0.1, 0.15) is 32.6 Å². The van der Waals surface area contributed by atoms with E-state index in [1.165, 1.54) is 0 Å². The summed E-state index contributed by atoms with van der Waals surface area (Å²) in [4.78, 5) is 26.2. The van der Waals surface area contributed by atoms with Crippen LogP contribution in [0.3, 0.4) is 0 Å². The molecular weight excluding hydrogens is 306 g/mol. The summed E-state index contributed by atoms with van der Waals surface area (Å²) in [5.74, 6) is 0.587. The highest BCUT2D eigenvalue weighted by molar-refractivity contribution is 5.81. The molecule has 0 radical (unpaired) electrons. The predicted octanol–water partition coefficient (Wildman–Crippen LogP) is 1.30. The maximum Gasteiger partial charge on any atom is 0.263 e. The molecule has 3 N–H and O–H groups in total. The Hall–Kier alpha value is -2.08. The molecule has 1 aliphatic heterocycles. The minimum atomic E-state index is -0.548. The van der Waals surface area contributed by atoms with Crippen molar-refractivity contribution < 1.29 is 14.3 Å². The van der Waals surface area contributed by atoms with Gasteiger partial charge in [0.05, 0.1) is 0 Å². The highest BCUT2D eigenvalue weighted by Crippen LogP contribution is 2.19. The van der Waals surface area contributed by atoms with Gasteiger partial charge in [-0.25, -0.2) is 0 Å². The number of ether oxygens (including phenoxy) is 1. The lowest BCUT2D eigenvalue weighted by Crippen LogP contribution is -2.52. The van der Waals surface area contributed by atoms with Gasteiger partial charge in [0.15, 0.2) is 6.10 Å². The Labute approximate surface area is 143 Å². The summed E-state index contributed by atoms with van der Waals surface area (Å²) in [5, 5.41) is 2.87. The zero-order chi connectivity index (χ0) is 17.4. The molecule has 2 rings (SSSR count). The van der Waals surface area contributed by atoms with Gasteiger partial charge in [0, 0.05) is 32.1 Å². The molecule has 1 aromatic carbocycles. The second-order valence-corrected chi connectivity index (χ2v) is 6.10. The number of benzene rings is 1. The number of carbonyl (C=O) groups excluding carboxylic acids is 2. The highest BCUT2D eigenvalue weighted by Gasteiger charge is 2.30. The number of nitrogens with one attached hydrogen (secondary N) is 1. The van der Waals surface area contributed by atoms with E-state index in [1.54, 1.807) is 6.92 Å². The number of carbonyl (C=O) groups is 2. The van der Waals surface area contributed by atoms with E-state index in [-0.39, 0.29) is 17.9 Å². The average Bonchev–Trinajstić information content (AvgIpc) is 2.60. The Balaban J connectivity index is 1.92. The molecule has 0 saturated carbocycles. The lowest BCUT2D eigenvalue weighted by molar-refractivity contribution is -0.142. The number of amides is 2. The first-order valence-corrected chi connectivity index (χ1v) is 8.60. The summed E-state index contributed by atoms with van der Waals surface area (Å²) in [5.41, 5.74) is 5.38. The van der Waals surface area contributed by atoms with Crippen LogP contribution in [0.2, 0.25) is 0 Å². The molecule has 0 aliphatic carbocycles. The fourth-order valence-corrected chi connectivity index (χ4v) is 2.94. The van der Waals surface area contributed by atoms with Crippen molar-refractivity contribution in [1.29, 1.82) is 0 Å². The largest absolute Gasteiger partial charge is 0.481 e. The van der Waals surface area contributed by atoms with E-state index in [0.717, 1.165) is 19.3 Å². The monoisotopic (exact) mass is 333 g/mol. The van der Waals surface area contributed by atoms with Gasteiger partial charge in [0.25, 0.3) is 5.91 Å². The minimum Gasteiger partial charge on any atom is -0.481 e. The summed E-state index contributed by atoms with van der Waals surface area (Å²) in [6.45, 7) is 3.29. The maximum atomic E-state index is 12.8. The maximum absolute atomic E-state index is 12.8. The molecule has 0 aromatic heterocycles. The molecule has 1 aliphatic rings. The van der Waals surface area contributed by atoms with Gasteiger partial charge in [-0.3, -0.25) is 9.59 Å². The number of nitrogens with zero attached hydrogens (tertiary/aromatic N) is 1. The van der Waals surface area contributed by atoms with E-state index < -0.39 is 6.10 Å². The Bertz CT molecular complexity index is 536. The molecule has 1 fully saturated rings. The van der Waals surface area contributed by atoms with Crippen molar-refractivity contribution in [3.05, 3.63) is 30.3 Å². The van der Waals surface area contributed by atoms with E-state index >= 15 is 0 Å². The van der Waals surface area contributed by atoms with Crippen LogP contribution in [0.25, 0.3) is 0 Å². The van der Waals surface area contributed by atoms with Crippen LogP contribution in [0.4, 0.5) is 0 Å². The summed E-state index contributed by atoms with van der Waals surface area (Å²) in [7, 11) is 0. The fourth-order valence-electron chi connectivity index (χ4n) is 2.94. The Morgan fingerprint density at radius 2 is 2.08 bits per heavy atom. The quantitative estimate of drug-likeness (QED) is 0.788. The smallest absolute Gasteiger partial charge is 0.263 e. The van der Waals surface area contributed by atoms with Crippen LogP contribution in [0.15, 0.2) is 30.3 Å². The third-order valence-corrected chi connectivity index (χ3v) is 4.22. The van der Waals surface area contributed by atoms with Crippen molar-refractivity contribution in [3.63, 3.8) is 0 Å². The van der Waals surface area contributed by atoms with Crippen LogP contribution >= 0.6 is 0 Å². The van der Waals surface area contributed by atoms with Gasteiger partial charge in [-0.05, 0) is 38.3 Å². The van der Waals surface area contributed by atoms with Crippen LogP contribution in [0.5, 0.6) is 5.75 Å². The van der Waals surface area contributed by atoms with Gasteiger partial charge in [0.2, 0.25) is 5.91 Å². The number of likely N-dealkylation sites (tertiary alicyclic amines) is 1. The Kier molecular flexibility index (Phi) is 7.06. The van der Waals surface area contributed by atoms with Gasteiger partial charge in [-0.2, -0.15) is 0 Å². The SMILES string of the molecule is CC(Oc1ccccc1)C(=O)N1CCCCC1CNC(=O)CCN. The van der Waals surface area contributed by atoms with E-state index in [9.17, 15) is 9.59 Å². The lowest BCUT2D eigenvalue weighted by atomic mass is 10.0. The second-order valence-electron chi connectivity index (χ2n) is 6.10. The predicted molar refractivity (Wildman–Crippen MR) is 92.6 cm³/mol. The van der Waals surface area contributed by atoms with Crippen LogP contribution in [0, 0.1) is 0 Å². The van der Waals surface area contributed by atoms with E-state index in [4.69, 9.17) is 10.5 Å². The molecule has 0 bridgehead atoms. The number of para-hydroxylation sites is 1. The normalized spacial score (nSPS) is 18.8. The van der Waals surface area contributed by atoms with Crippen molar-refractivity contribution in [2.45, 2.75) is 44.8 Å². The molecule has 2 atom stereocenters. The van der Waals surface area contributed by atoms with Gasteiger partial charge in [0.1, 0.15) is 5.75 Å². The van der Waals surface area contributed by atoms with Gasteiger partial charge in [-0.15, -0.1) is 0 Å². The highest BCUT2D eigenvalue weighted by atomic mass is 16.5. The standard InChI is InChI=1S/C18H27N3O3/c1-14(24-16-8-3-2-4-9-16)18(23)21-12-6-5-7-15(21)13-20-17(22)10-11-19/h2-4,8-9,14-15H,5-7,10-13,19H2,1H3,(H,20,22). The third kappa shape index (κ3) is 5.23. The zero-order valence-corrected chi connectivity index (χ0v) is 14.2. The molecule has 132 valence electrons. The molecule has 1 saturated heterocycles. The topological polar surface area (TPSA) is 84.7 Å². The zero-order valence-electron chi connectivity index (χ0n) is 14.2. The number of hydrogen-bond acceptors (Lipinski definition) is 4. The van der Waals surface area contributed by atoms with E-state index in [0.29, 0.717) is 31.8 Å². The Morgan fingerprint density at radius 1 is 1.33 bits per heavy atom. The van der Waals surface area contributed by atoms with Crippen molar-refractivity contribution in [2.75, 3.05) is 19.6 Å². The molecule has 1 heterocycles. The summed E-state index contributed by atoms with van der Waals surface area (Å²) in [6, 6.07) is 9.36. The summed E-state index contributed by atoms with van der Waals surface area (Å²) in [6.07, 6.45) is 2.71. The molecule has 0 spiro atoms. The third-order valence-electron chi connectivity index (χ3n) is 4.22. The molecule has 24 heavy (non-hydrogen) atoms. The van der Waals surface area contributed by atoms with Crippen LogP contribution in [-0.4, -0.2) is 48.5 Å². The van der Waals surface area contributed by atoms with Crippen LogP contribution < -0.4 is 15.8 Å². The Morgan fingerprint density at radius 3 is 2.79 bits per heavy atom. The molecule has 1 aromatic rings.